The molecular weight excluding hydrogens is 346 g/mol. The molecule has 0 aliphatic heterocycles. The van der Waals surface area contributed by atoms with Gasteiger partial charge in [0.25, 0.3) is 0 Å². The maximum absolute atomic E-state index is 6.09. The van der Waals surface area contributed by atoms with Crippen molar-refractivity contribution >= 4 is 0 Å². The van der Waals surface area contributed by atoms with E-state index < -0.39 is 0 Å². The Morgan fingerprint density at radius 3 is 2.50 bits per heavy atom. The van der Waals surface area contributed by atoms with Gasteiger partial charge in [-0.05, 0) is 89.9 Å². The third kappa shape index (κ3) is 4.20. The summed E-state index contributed by atoms with van der Waals surface area (Å²) in [6.07, 6.45) is 3.37. The Kier molecular flexibility index (Phi) is 5.63. The maximum Gasteiger partial charge on any atom is 0.120 e. The molecule has 0 aromatic heterocycles. The zero-order valence-corrected chi connectivity index (χ0v) is 16.4. The van der Waals surface area contributed by atoms with Gasteiger partial charge in [-0.15, -0.1) is 0 Å². The molecule has 28 heavy (non-hydrogen) atoms. The second-order valence-corrected chi connectivity index (χ2v) is 7.49. The van der Waals surface area contributed by atoms with Crippen LogP contribution in [0.4, 0.5) is 0 Å². The van der Waals surface area contributed by atoms with Gasteiger partial charge < -0.3 is 15.2 Å². The molecule has 0 saturated carbocycles. The van der Waals surface area contributed by atoms with Gasteiger partial charge in [0.15, 0.2) is 0 Å². The number of ether oxygens (including phenoxy) is 2. The van der Waals surface area contributed by atoms with E-state index in [1.807, 2.05) is 12.1 Å². The number of rotatable bonds is 6. The lowest BCUT2D eigenvalue weighted by atomic mass is 9.84. The van der Waals surface area contributed by atoms with Crippen LogP contribution in [0.3, 0.4) is 0 Å². The zero-order valence-electron chi connectivity index (χ0n) is 16.4. The highest BCUT2D eigenvalue weighted by Gasteiger charge is 2.17. The lowest BCUT2D eigenvalue weighted by Gasteiger charge is -2.23. The molecule has 0 radical (unpaired) electrons. The molecule has 0 fully saturated rings. The monoisotopic (exact) mass is 373 g/mol. The fraction of sp³-hybridized carbons (Fsp3) is 0.280. The Morgan fingerprint density at radius 1 is 0.893 bits per heavy atom. The van der Waals surface area contributed by atoms with E-state index in [1.54, 1.807) is 7.11 Å². The van der Waals surface area contributed by atoms with Crippen molar-refractivity contribution in [2.45, 2.75) is 25.9 Å². The van der Waals surface area contributed by atoms with Crippen molar-refractivity contribution in [3.05, 3.63) is 83.4 Å². The van der Waals surface area contributed by atoms with Gasteiger partial charge in [0, 0.05) is 0 Å². The van der Waals surface area contributed by atoms with Crippen molar-refractivity contribution in [3.8, 4) is 22.6 Å². The highest BCUT2D eigenvalue weighted by atomic mass is 16.5. The summed E-state index contributed by atoms with van der Waals surface area (Å²) in [6.45, 7) is 1.34. The van der Waals surface area contributed by atoms with Crippen molar-refractivity contribution in [1.82, 2.24) is 0 Å². The number of fused-ring (bicyclic) bond motifs is 1. The predicted octanol–water partition coefficient (Wildman–Crippen LogP) is 5.00. The summed E-state index contributed by atoms with van der Waals surface area (Å²) in [4.78, 5) is 0. The summed E-state index contributed by atoms with van der Waals surface area (Å²) in [6, 6.07) is 23.1. The fourth-order valence-electron chi connectivity index (χ4n) is 3.89. The van der Waals surface area contributed by atoms with Crippen LogP contribution in [0.1, 0.15) is 23.1 Å². The maximum atomic E-state index is 6.09. The summed E-state index contributed by atoms with van der Waals surface area (Å²) in [5.74, 6) is 2.44. The number of hydrogen-bond donors (Lipinski definition) is 1. The molecule has 1 aliphatic rings. The molecule has 3 nitrogen and oxygen atoms in total. The molecule has 2 N–H and O–H groups in total. The van der Waals surface area contributed by atoms with Gasteiger partial charge in [0.2, 0.25) is 0 Å². The molecule has 0 heterocycles. The highest BCUT2D eigenvalue weighted by Crippen LogP contribution is 2.29. The Labute approximate surface area is 167 Å². The Balaban J connectivity index is 1.44. The zero-order chi connectivity index (χ0) is 19.3. The molecule has 3 aromatic rings. The predicted molar refractivity (Wildman–Crippen MR) is 114 cm³/mol. The average molecular weight is 373 g/mol. The van der Waals surface area contributed by atoms with Gasteiger partial charge in [-0.25, -0.2) is 0 Å². The fourth-order valence-corrected chi connectivity index (χ4v) is 3.89. The molecule has 3 aromatic carbocycles. The minimum absolute atomic E-state index is 0.564. The van der Waals surface area contributed by atoms with Crippen molar-refractivity contribution in [3.63, 3.8) is 0 Å². The van der Waals surface area contributed by atoms with E-state index in [1.165, 1.54) is 28.7 Å². The van der Waals surface area contributed by atoms with Gasteiger partial charge in [0.1, 0.15) is 18.1 Å². The first-order chi connectivity index (χ1) is 13.7. The summed E-state index contributed by atoms with van der Waals surface area (Å²) >= 11 is 0. The molecule has 0 spiro atoms. The molecule has 1 aliphatic carbocycles. The minimum Gasteiger partial charge on any atom is -0.497 e. The van der Waals surface area contributed by atoms with Gasteiger partial charge in [-0.3, -0.25) is 0 Å². The number of benzene rings is 3. The lowest BCUT2D eigenvalue weighted by Crippen LogP contribution is -2.22. The van der Waals surface area contributed by atoms with Crippen LogP contribution in [-0.4, -0.2) is 13.7 Å². The minimum atomic E-state index is 0.564. The van der Waals surface area contributed by atoms with E-state index in [9.17, 15) is 0 Å². The normalized spacial score (nSPS) is 15.7. The molecule has 4 rings (SSSR count). The van der Waals surface area contributed by atoms with E-state index in [2.05, 4.69) is 54.6 Å². The largest absolute Gasteiger partial charge is 0.497 e. The van der Waals surface area contributed by atoms with Crippen LogP contribution in [0.5, 0.6) is 11.5 Å². The van der Waals surface area contributed by atoms with Gasteiger partial charge in [-0.1, -0.05) is 36.4 Å². The number of aryl methyl sites for hydroxylation is 1. The van der Waals surface area contributed by atoms with Gasteiger partial charge >= 0.3 is 0 Å². The Morgan fingerprint density at radius 2 is 1.71 bits per heavy atom. The second-order valence-electron chi connectivity index (χ2n) is 7.49. The summed E-state index contributed by atoms with van der Waals surface area (Å²) < 4.78 is 11.3. The Hall–Kier alpha value is -2.78. The topological polar surface area (TPSA) is 44.5 Å². The molecule has 1 unspecified atom stereocenters. The van der Waals surface area contributed by atoms with Crippen LogP contribution < -0.4 is 15.2 Å². The average Bonchev–Trinajstić information content (AvgIpc) is 2.77. The van der Waals surface area contributed by atoms with Gasteiger partial charge in [0.05, 0.1) is 7.11 Å². The van der Waals surface area contributed by atoms with Crippen molar-refractivity contribution in [1.29, 1.82) is 0 Å². The van der Waals surface area contributed by atoms with Crippen LogP contribution in [0, 0.1) is 5.92 Å². The summed E-state index contributed by atoms with van der Waals surface area (Å²) in [7, 11) is 1.68. The number of hydrogen-bond acceptors (Lipinski definition) is 3. The van der Waals surface area contributed by atoms with Crippen LogP contribution >= 0.6 is 0 Å². The molecule has 0 saturated heterocycles. The number of methoxy groups -OCH3 is 1. The molecule has 1 atom stereocenters. The number of nitrogens with two attached hydrogens (primary N) is 1. The first kappa shape index (κ1) is 18.6. The van der Waals surface area contributed by atoms with E-state index in [0.29, 0.717) is 12.5 Å². The second kappa shape index (κ2) is 8.49. The van der Waals surface area contributed by atoms with Gasteiger partial charge in [-0.2, -0.15) is 0 Å². The molecule has 0 amide bonds. The van der Waals surface area contributed by atoms with E-state index >= 15 is 0 Å². The molecule has 144 valence electrons. The van der Waals surface area contributed by atoms with Crippen LogP contribution in [0.25, 0.3) is 11.1 Å². The first-order valence-electron chi connectivity index (χ1n) is 9.93. The van der Waals surface area contributed by atoms with Crippen LogP contribution in [0.15, 0.2) is 66.7 Å². The van der Waals surface area contributed by atoms with Crippen LogP contribution in [-0.2, 0) is 19.4 Å². The third-order valence-corrected chi connectivity index (χ3v) is 5.60. The smallest absolute Gasteiger partial charge is 0.120 e. The molecule has 3 heteroatoms. The quantitative estimate of drug-likeness (QED) is 0.661. The summed E-state index contributed by atoms with van der Waals surface area (Å²) in [5, 5.41) is 0. The Bertz CT molecular complexity index is 934. The standard InChI is InChI=1S/C25H27NO2/c1-27-24-10-7-20(8-11-24)21-4-2-3-19(14-21)17-28-25-12-9-22-13-18(16-26)5-6-23(22)15-25/h2-4,7-12,14-15,18H,5-6,13,16-17,26H2,1H3. The highest BCUT2D eigenvalue weighted by molar-refractivity contribution is 5.64. The van der Waals surface area contributed by atoms with Crippen LogP contribution in [0.2, 0.25) is 0 Å². The van der Waals surface area contributed by atoms with E-state index in [0.717, 1.165) is 36.4 Å². The lowest BCUT2D eigenvalue weighted by molar-refractivity contribution is 0.305. The van der Waals surface area contributed by atoms with E-state index in [-0.39, 0.29) is 0 Å². The van der Waals surface area contributed by atoms with Crippen molar-refractivity contribution < 1.29 is 9.47 Å². The SMILES string of the molecule is COc1ccc(-c2cccc(COc3ccc4c(c3)CCC(CN)C4)c2)cc1. The summed E-state index contributed by atoms with van der Waals surface area (Å²) in [5.41, 5.74) is 12.2. The molecule has 0 bridgehead atoms. The van der Waals surface area contributed by atoms with Crippen molar-refractivity contribution in [2.75, 3.05) is 13.7 Å². The van der Waals surface area contributed by atoms with E-state index in [4.69, 9.17) is 15.2 Å². The van der Waals surface area contributed by atoms with Crippen molar-refractivity contribution in [2.24, 2.45) is 11.7 Å². The molecular formula is C25H27NO2. The first-order valence-corrected chi connectivity index (χ1v) is 9.93. The third-order valence-electron chi connectivity index (χ3n) is 5.60.